The molecule has 0 aliphatic carbocycles. The van der Waals surface area contributed by atoms with Crippen LogP contribution < -0.4 is 0 Å². The third-order valence-corrected chi connectivity index (χ3v) is 3.77. The Morgan fingerprint density at radius 3 is 2.52 bits per heavy atom. The molecule has 0 aromatic heterocycles. The summed E-state index contributed by atoms with van der Waals surface area (Å²) in [6, 6.07) is 0. The summed E-state index contributed by atoms with van der Waals surface area (Å²) >= 11 is 0. The zero-order valence-corrected chi connectivity index (χ0v) is 12.2. The third kappa shape index (κ3) is 3.53. The highest BCUT2D eigenvalue weighted by Crippen LogP contribution is 2.26. The van der Waals surface area contributed by atoms with Crippen LogP contribution in [-0.4, -0.2) is 50.6 Å². The van der Waals surface area contributed by atoms with Gasteiger partial charge in [-0.25, -0.2) is 8.78 Å². The minimum atomic E-state index is -1.74. The fraction of sp³-hybridized carbons (Fsp3) is 0.714. The summed E-state index contributed by atoms with van der Waals surface area (Å²) in [5, 5.41) is 12.3. The summed E-state index contributed by atoms with van der Waals surface area (Å²) in [7, 11) is 0. The molecular weight excluding hydrogens is 284 g/mol. The highest BCUT2D eigenvalue weighted by atomic mass is 19.1. The Balaban J connectivity index is 1.83. The van der Waals surface area contributed by atoms with E-state index in [0.717, 1.165) is 10.6 Å². The Labute approximate surface area is 122 Å². The fourth-order valence-electron chi connectivity index (χ4n) is 2.11. The minimum absolute atomic E-state index is 0.101. The SMILES string of the molecule is CC1=C(C)N([O-])CC=C1OCC1COC(CF)(CF)OC1. The van der Waals surface area contributed by atoms with E-state index in [9.17, 15) is 14.0 Å². The molecule has 2 rings (SSSR count). The van der Waals surface area contributed by atoms with Gasteiger partial charge in [0.1, 0.15) is 19.1 Å². The van der Waals surface area contributed by atoms with Gasteiger partial charge in [0.2, 0.25) is 5.79 Å². The van der Waals surface area contributed by atoms with Gasteiger partial charge in [-0.1, -0.05) is 0 Å². The molecule has 1 saturated heterocycles. The number of alkyl halides is 2. The second-order valence-corrected chi connectivity index (χ2v) is 5.32. The van der Waals surface area contributed by atoms with Crippen molar-refractivity contribution in [3.8, 4) is 0 Å². The Kier molecular flexibility index (Phi) is 5.18. The van der Waals surface area contributed by atoms with Gasteiger partial charge >= 0.3 is 0 Å². The van der Waals surface area contributed by atoms with Crippen molar-refractivity contribution in [2.75, 3.05) is 39.7 Å². The number of nitrogens with zero attached hydrogens (tertiary/aromatic N) is 1. The Bertz CT molecular complexity index is 425. The quantitative estimate of drug-likeness (QED) is 0.780. The van der Waals surface area contributed by atoms with Crippen LogP contribution in [0.25, 0.3) is 0 Å². The first kappa shape index (κ1) is 16.2. The summed E-state index contributed by atoms with van der Waals surface area (Å²) in [4.78, 5) is 0. The zero-order chi connectivity index (χ0) is 15.5. The number of hydrogen-bond acceptors (Lipinski definition) is 5. The van der Waals surface area contributed by atoms with Crippen molar-refractivity contribution in [3.63, 3.8) is 0 Å². The first-order valence-corrected chi connectivity index (χ1v) is 6.86. The van der Waals surface area contributed by atoms with Crippen molar-refractivity contribution in [1.29, 1.82) is 0 Å². The van der Waals surface area contributed by atoms with Crippen LogP contribution in [0, 0.1) is 11.1 Å². The molecule has 2 aliphatic rings. The van der Waals surface area contributed by atoms with E-state index in [-0.39, 0.29) is 25.7 Å². The van der Waals surface area contributed by atoms with Gasteiger partial charge in [0.25, 0.3) is 0 Å². The lowest BCUT2D eigenvalue weighted by Gasteiger charge is -2.37. The lowest BCUT2D eigenvalue weighted by molar-refractivity contribution is -0.296. The summed E-state index contributed by atoms with van der Waals surface area (Å²) in [5.41, 5.74) is 1.41. The van der Waals surface area contributed by atoms with Gasteiger partial charge in [0.05, 0.1) is 19.8 Å². The van der Waals surface area contributed by atoms with Crippen molar-refractivity contribution >= 4 is 0 Å². The maximum Gasteiger partial charge on any atom is 0.226 e. The monoisotopic (exact) mass is 304 g/mol. The first-order chi connectivity index (χ1) is 10.0. The smallest absolute Gasteiger partial charge is 0.226 e. The highest BCUT2D eigenvalue weighted by molar-refractivity contribution is 5.32. The standard InChI is InChI=1S/C14H20F2NO4/c1-10-11(2)17(18)4-3-13(10)19-5-12-6-20-14(8-15,9-16)21-7-12/h3,12H,4-9H2,1-2H3/q-1. The number of allylic oxidation sites excluding steroid dienone is 2. The van der Waals surface area contributed by atoms with E-state index in [4.69, 9.17) is 14.2 Å². The molecule has 2 heterocycles. The van der Waals surface area contributed by atoms with Crippen LogP contribution in [0.4, 0.5) is 8.78 Å². The summed E-state index contributed by atoms with van der Waals surface area (Å²) in [5.74, 6) is -1.18. The van der Waals surface area contributed by atoms with Crippen molar-refractivity contribution < 1.29 is 23.0 Å². The predicted octanol–water partition coefficient (Wildman–Crippen LogP) is 2.29. The Hall–Kier alpha value is -1.18. The normalized spacial score (nSPS) is 23.3. The molecule has 0 spiro atoms. The van der Waals surface area contributed by atoms with E-state index < -0.39 is 19.1 Å². The van der Waals surface area contributed by atoms with Gasteiger partial charge in [-0.3, -0.25) is 0 Å². The summed E-state index contributed by atoms with van der Waals surface area (Å²) < 4.78 is 41.4. The van der Waals surface area contributed by atoms with Crippen LogP contribution in [0.1, 0.15) is 13.8 Å². The second kappa shape index (κ2) is 6.72. The van der Waals surface area contributed by atoms with Gasteiger partial charge in [0, 0.05) is 23.7 Å². The molecule has 0 bridgehead atoms. The van der Waals surface area contributed by atoms with Gasteiger partial charge in [-0.05, 0) is 19.9 Å². The van der Waals surface area contributed by atoms with Crippen LogP contribution in [0.3, 0.4) is 0 Å². The Morgan fingerprint density at radius 1 is 1.33 bits per heavy atom. The predicted molar refractivity (Wildman–Crippen MR) is 72.6 cm³/mol. The van der Waals surface area contributed by atoms with Crippen LogP contribution in [-0.2, 0) is 14.2 Å². The van der Waals surface area contributed by atoms with Crippen LogP contribution in [0.15, 0.2) is 23.1 Å². The molecule has 120 valence electrons. The maximum atomic E-state index is 12.7. The molecular formula is C14H20F2NO4-. The summed E-state index contributed by atoms with van der Waals surface area (Å²) in [6.07, 6.45) is 1.72. The molecule has 0 amide bonds. The molecule has 0 radical (unpaired) electrons. The zero-order valence-electron chi connectivity index (χ0n) is 12.2. The number of halogens is 2. The number of hydroxylamine groups is 2. The summed E-state index contributed by atoms with van der Waals surface area (Å²) in [6.45, 7) is 2.45. The van der Waals surface area contributed by atoms with E-state index in [2.05, 4.69) is 0 Å². The maximum absolute atomic E-state index is 12.7. The van der Waals surface area contributed by atoms with Crippen molar-refractivity contribution in [3.05, 3.63) is 28.3 Å². The molecule has 0 aromatic rings. The van der Waals surface area contributed by atoms with Crippen LogP contribution in [0.5, 0.6) is 0 Å². The van der Waals surface area contributed by atoms with Gasteiger partial charge in [0.15, 0.2) is 0 Å². The van der Waals surface area contributed by atoms with E-state index in [1.807, 2.05) is 6.92 Å². The number of ether oxygens (including phenoxy) is 3. The molecule has 7 heteroatoms. The minimum Gasteiger partial charge on any atom is -0.758 e. The van der Waals surface area contributed by atoms with Crippen molar-refractivity contribution in [2.24, 2.45) is 5.92 Å². The average Bonchev–Trinajstić information content (AvgIpc) is 2.52. The lowest BCUT2D eigenvalue weighted by Crippen LogP contribution is -2.48. The number of rotatable bonds is 5. The highest BCUT2D eigenvalue weighted by Gasteiger charge is 2.38. The topological polar surface area (TPSA) is 54.0 Å². The van der Waals surface area contributed by atoms with E-state index >= 15 is 0 Å². The van der Waals surface area contributed by atoms with Gasteiger partial charge < -0.3 is 24.5 Å². The van der Waals surface area contributed by atoms with Gasteiger partial charge in [-0.15, -0.1) is 0 Å². The molecule has 0 aromatic carbocycles. The van der Waals surface area contributed by atoms with Crippen LogP contribution >= 0.6 is 0 Å². The molecule has 0 N–H and O–H groups in total. The molecule has 0 unspecified atom stereocenters. The average molecular weight is 304 g/mol. The molecule has 21 heavy (non-hydrogen) atoms. The van der Waals surface area contributed by atoms with Gasteiger partial charge in [-0.2, -0.15) is 0 Å². The fourth-order valence-corrected chi connectivity index (χ4v) is 2.11. The Morgan fingerprint density at radius 2 is 1.95 bits per heavy atom. The van der Waals surface area contributed by atoms with Crippen molar-refractivity contribution in [1.82, 2.24) is 5.06 Å². The molecule has 1 fully saturated rings. The molecule has 0 atom stereocenters. The molecule has 0 saturated carbocycles. The van der Waals surface area contributed by atoms with Crippen molar-refractivity contribution in [2.45, 2.75) is 19.6 Å². The third-order valence-electron chi connectivity index (χ3n) is 3.77. The second-order valence-electron chi connectivity index (χ2n) is 5.32. The molecule has 5 nitrogen and oxygen atoms in total. The lowest BCUT2D eigenvalue weighted by atomic mass is 10.1. The largest absolute Gasteiger partial charge is 0.758 e. The number of hydrogen-bond donors (Lipinski definition) is 0. The molecule has 2 aliphatic heterocycles. The van der Waals surface area contributed by atoms with Crippen LogP contribution in [0.2, 0.25) is 0 Å². The first-order valence-electron chi connectivity index (χ1n) is 6.86. The van der Waals surface area contributed by atoms with E-state index in [1.54, 1.807) is 13.0 Å². The van der Waals surface area contributed by atoms with E-state index in [1.165, 1.54) is 0 Å². The van der Waals surface area contributed by atoms with E-state index in [0.29, 0.717) is 18.1 Å².